The molecular formula is C17H16Cl2N4O. The third kappa shape index (κ3) is 4.19. The molecule has 0 aliphatic carbocycles. The van der Waals surface area contributed by atoms with Crippen molar-refractivity contribution in [3.8, 4) is 5.75 Å². The molecule has 0 aliphatic rings. The second-order valence-electron chi connectivity index (χ2n) is 5.34. The average molecular weight is 363 g/mol. The van der Waals surface area contributed by atoms with E-state index < -0.39 is 0 Å². The number of H-pyrrole nitrogens is 1. The minimum absolute atomic E-state index is 0.428. The molecule has 0 spiro atoms. The lowest BCUT2D eigenvalue weighted by molar-refractivity contribution is 0.303. The van der Waals surface area contributed by atoms with Crippen LogP contribution in [0.5, 0.6) is 5.75 Å². The van der Waals surface area contributed by atoms with E-state index in [1.54, 1.807) is 6.07 Å². The van der Waals surface area contributed by atoms with Crippen LogP contribution in [0.15, 0.2) is 42.7 Å². The van der Waals surface area contributed by atoms with Crippen molar-refractivity contribution in [3.63, 3.8) is 0 Å². The van der Waals surface area contributed by atoms with Gasteiger partial charge in [-0.05, 0) is 24.6 Å². The van der Waals surface area contributed by atoms with Crippen molar-refractivity contribution in [2.75, 3.05) is 5.32 Å². The summed E-state index contributed by atoms with van der Waals surface area (Å²) in [6.45, 7) is 2.93. The maximum Gasteiger partial charge on any atom is 0.218 e. The molecule has 0 unspecified atom stereocenters. The highest BCUT2D eigenvalue weighted by Gasteiger charge is 2.12. The molecule has 3 aromatic rings. The smallest absolute Gasteiger partial charge is 0.218 e. The number of hydrogen-bond donors (Lipinski definition) is 2. The van der Waals surface area contributed by atoms with Gasteiger partial charge in [0.05, 0.1) is 5.02 Å². The average Bonchev–Trinajstić information content (AvgIpc) is 3.07. The van der Waals surface area contributed by atoms with Crippen LogP contribution in [0.1, 0.15) is 16.7 Å². The van der Waals surface area contributed by atoms with E-state index in [0.29, 0.717) is 34.9 Å². The van der Waals surface area contributed by atoms with E-state index in [1.165, 1.54) is 11.9 Å². The Bertz CT molecular complexity index is 804. The van der Waals surface area contributed by atoms with Gasteiger partial charge in [-0.2, -0.15) is 5.10 Å². The van der Waals surface area contributed by atoms with Crippen LogP contribution >= 0.6 is 23.2 Å². The van der Waals surface area contributed by atoms with E-state index in [1.807, 2.05) is 25.1 Å². The van der Waals surface area contributed by atoms with E-state index in [9.17, 15) is 0 Å². The molecule has 3 rings (SSSR count). The highest BCUT2D eigenvalue weighted by molar-refractivity contribution is 6.35. The van der Waals surface area contributed by atoms with Crippen LogP contribution in [0.4, 0.5) is 5.95 Å². The summed E-state index contributed by atoms with van der Waals surface area (Å²) < 4.78 is 5.94. The molecule has 0 aliphatic heterocycles. The first-order valence-corrected chi connectivity index (χ1v) is 8.13. The highest BCUT2D eigenvalue weighted by Crippen LogP contribution is 2.33. The zero-order valence-electron chi connectivity index (χ0n) is 13.0. The minimum Gasteiger partial charge on any atom is -0.487 e. The number of aromatic amines is 1. The van der Waals surface area contributed by atoms with Gasteiger partial charge >= 0.3 is 0 Å². The predicted octanol–water partition coefficient (Wildman–Crippen LogP) is 4.61. The number of hydrogen-bond acceptors (Lipinski definition) is 4. The quantitative estimate of drug-likeness (QED) is 0.671. The number of halogens is 2. The van der Waals surface area contributed by atoms with Gasteiger partial charge in [-0.1, -0.05) is 53.0 Å². The molecule has 0 saturated heterocycles. The van der Waals surface area contributed by atoms with Crippen LogP contribution in [-0.2, 0) is 13.2 Å². The van der Waals surface area contributed by atoms with Crippen molar-refractivity contribution in [1.82, 2.24) is 15.2 Å². The second-order valence-corrected chi connectivity index (χ2v) is 6.18. The van der Waals surface area contributed by atoms with Gasteiger partial charge in [0.2, 0.25) is 5.95 Å². The summed E-state index contributed by atoms with van der Waals surface area (Å²) in [4.78, 5) is 4.02. The molecule has 2 N–H and O–H groups in total. The van der Waals surface area contributed by atoms with Crippen molar-refractivity contribution in [3.05, 3.63) is 69.5 Å². The van der Waals surface area contributed by atoms with Crippen molar-refractivity contribution in [2.24, 2.45) is 0 Å². The largest absolute Gasteiger partial charge is 0.487 e. The first kappa shape index (κ1) is 16.6. The number of aromatic nitrogens is 3. The van der Waals surface area contributed by atoms with Crippen LogP contribution in [0.2, 0.25) is 10.0 Å². The first-order valence-electron chi connectivity index (χ1n) is 7.37. The van der Waals surface area contributed by atoms with Gasteiger partial charge in [0.1, 0.15) is 18.7 Å². The summed E-state index contributed by atoms with van der Waals surface area (Å²) in [7, 11) is 0. The predicted molar refractivity (Wildman–Crippen MR) is 95.7 cm³/mol. The molecule has 24 heavy (non-hydrogen) atoms. The van der Waals surface area contributed by atoms with Gasteiger partial charge < -0.3 is 10.1 Å². The summed E-state index contributed by atoms with van der Waals surface area (Å²) >= 11 is 12.4. The van der Waals surface area contributed by atoms with Gasteiger partial charge in [0.25, 0.3) is 0 Å². The fourth-order valence-corrected chi connectivity index (χ4v) is 2.81. The van der Waals surface area contributed by atoms with E-state index in [2.05, 4.69) is 32.6 Å². The van der Waals surface area contributed by atoms with Crippen molar-refractivity contribution in [1.29, 1.82) is 0 Å². The number of rotatable bonds is 6. The van der Waals surface area contributed by atoms with E-state index >= 15 is 0 Å². The number of ether oxygens (including phenoxy) is 1. The number of nitrogens with zero attached hydrogens (tertiary/aromatic N) is 2. The topological polar surface area (TPSA) is 62.8 Å². The van der Waals surface area contributed by atoms with Crippen molar-refractivity contribution < 1.29 is 4.74 Å². The summed E-state index contributed by atoms with van der Waals surface area (Å²) in [5, 5.41) is 10.7. The third-order valence-corrected chi connectivity index (χ3v) is 3.95. The number of nitrogens with one attached hydrogen (secondary N) is 2. The molecule has 0 saturated carbocycles. The zero-order valence-corrected chi connectivity index (χ0v) is 14.5. The van der Waals surface area contributed by atoms with Gasteiger partial charge in [-0.3, -0.25) is 0 Å². The summed E-state index contributed by atoms with van der Waals surface area (Å²) in [6, 6.07) is 11.7. The molecule has 0 amide bonds. The SMILES string of the molecule is Cc1ccc(COc2c(Cl)cc(Cl)cc2CNc2ncn[nH]2)cc1. The van der Waals surface area contributed by atoms with Crippen LogP contribution in [0, 0.1) is 6.92 Å². The molecule has 0 fully saturated rings. The van der Waals surface area contributed by atoms with Crippen LogP contribution in [0.3, 0.4) is 0 Å². The number of aryl methyl sites for hydroxylation is 1. The molecule has 5 nitrogen and oxygen atoms in total. The van der Waals surface area contributed by atoms with Gasteiger partial charge in [-0.15, -0.1) is 0 Å². The summed E-state index contributed by atoms with van der Waals surface area (Å²) in [5.74, 6) is 1.17. The fourth-order valence-electron chi connectivity index (χ4n) is 2.22. The Morgan fingerprint density at radius 1 is 1.17 bits per heavy atom. The van der Waals surface area contributed by atoms with Gasteiger partial charge in [0.15, 0.2) is 0 Å². The van der Waals surface area contributed by atoms with Gasteiger partial charge in [-0.25, -0.2) is 10.1 Å². The van der Waals surface area contributed by atoms with Crippen molar-refractivity contribution >= 4 is 29.2 Å². The monoisotopic (exact) mass is 362 g/mol. The maximum absolute atomic E-state index is 6.31. The van der Waals surface area contributed by atoms with Crippen molar-refractivity contribution in [2.45, 2.75) is 20.1 Å². The summed E-state index contributed by atoms with van der Waals surface area (Å²) in [6.07, 6.45) is 1.43. The molecule has 0 bridgehead atoms. The molecule has 1 heterocycles. The molecule has 0 atom stereocenters. The highest BCUT2D eigenvalue weighted by atomic mass is 35.5. The third-order valence-electron chi connectivity index (χ3n) is 3.45. The number of benzene rings is 2. The van der Waals surface area contributed by atoms with E-state index in [-0.39, 0.29) is 0 Å². The number of anilines is 1. The minimum atomic E-state index is 0.428. The molecule has 0 radical (unpaired) electrons. The lowest BCUT2D eigenvalue weighted by Crippen LogP contribution is -2.05. The Kier molecular flexibility index (Phi) is 5.23. The summed E-state index contributed by atoms with van der Waals surface area (Å²) in [5.41, 5.74) is 3.12. The Hall–Kier alpha value is -2.24. The Labute approximate surface area is 150 Å². The van der Waals surface area contributed by atoms with Crippen LogP contribution in [-0.4, -0.2) is 15.2 Å². The lowest BCUT2D eigenvalue weighted by atomic mass is 10.1. The fraction of sp³-hybridized carbons (Fsp3) is 0.176. The Morgan fingerprint density at radius 3 is 2.67 bits per heavy atom. The van der Waals surface area contributed by atoms with E-state index in [0.717, 1.165) is 11.1 Å². The molecule has 124 valence electrons. The molecule has 2 aromatic carbocycles. The lowest BCUT2D eigenvalue weighted by Gasteiger charge is -2.14. The van der Waals surface area contributed by atoms with E-state index in [4.69, 9.17) is 27.9 Å². The molecule has 7 heteroatoms. The Morgan fingerprint density at radius 2 is 1.96 bits per heavy atom. The zero-order chi connectivity index (χ0) is 16.9. The first-order chi connectivity index (χ1) is 11.6. The van der Waals surface area contributed by atoms with Gasteiger partial charge in [0, 0.05) is 17.1 Å². The van der Waals surface area contributed by atoms with Crippen LogP contribution in [0.25, 0.3) is 0 Å². The van der Waals surface area contributed by atoms with Crippen LogP contribution < -0.4 is 10.1 Å². The second kappa shape index (κ2) is 7.55. The molecule has 1 aromatic heterocycles. The maximum atomic E-state index is 6.31. The molecular weight excluding hydrogens is 347 g/mol. The normalized spacial score (nSPS) is 10.6. The Balaban J connectivity index is 1.76. The standard InChI is InChI=1S/C17H16Cl2N4O/c1-11-2-4-12(5-3-11)9-24-16-13(6-14(18)7-15(16)19)8-20-17-21-10-22-23-17/h2-7,10H,8-9H2,1H3,(H2,20,21,22,23).